The fourth-order valence-corrected chi connectivity index (χ4v) is 4.31. The maximum Gasteiger partial charge on any atom is 0.243 e. The molecule has 130 valence electrons. The van der Waals surface area contributed by atoms with Gasteiger partial charge in [-0.1, -0.05) is 0 Å². The van der Waals surface area contributed by atoms with E-state index in [2.05, 4.69) is 0 Å². The number of benzene rings is 1. The largest absolute Gasteiger partial charge is 0.491 e. The third-order valence-corrected chi connectivity index (χ3v) is 6.03. The van der Waals surface area contributed by atoms with Crippen LogP contribution < -0.4 is 4.74 Å². The van der Waals surface area contributed by atoms with Crippen molar-refractivity contribution in [3.63, 3.8) is 0 Å². The summed E-state index contributed by atoms with van der Waals surface area (Å²) in [5.74, 6) is -0.593. The van der Waals surface area contributed by atoms with Gasteiger partial charge in [-0.25, -0.2) is 12.8 Å². The van der Waals surface area contributed by atoms with E-state index in [1.807, 2.05) is 29.9 Å². The van der Waals surface area contributed by atoms with Crippen LogP contribution >= 0.6 is 0 Å². The Labute approximate surface area is 141 Å². The van der Waals surface area contributed by atoms with Crippen molar-refractivity contribution in [2.24, 2.45) is 7.05 Å². The molecule has 0 amide bonds. The molecule has 0 unspecified atom stereocenters. The van der Waals surface area contributed by atoms with Crippen LogP contribution in [0, 0.1) is 5.82 Å². The van der Waals surface area contributed by atoms with Crippen molar-refractivity contribution in [1.29, 1.82) is 0 Å². The minimum absolute atomic E-state index is 0.0143. The normalized spacial score (nSPS) is 15.0. The second kappa shape index (κ2) is 6.57. The molecule has 1 fully saturated rings. The summed E-state index contributed by atoms with van der Waals surface area (Å²) in [6.45, 7) is 2.36. The number of nitrogens with zero attached hydrogens (tertiary/aromatic N) is 2. The molecular weight excluding hydrogens is 331 g/mol. The third kappa shape index (κ3) is 3.32. The molecule has 0 bridgehead atoms. The van der Waals surface area contributed by atoms with Gasteiger partial charge in [0.15, 0.2) is 11.6 Å². The zero-order valence-electron chi connectivity index (χ0n) is 13.8. The standard InChI is InChI=1S/C17H21FN2O3S/c1-3-23-17-9-8-15(11-16(17)18)24(21,22)20(13-6-7-13)12-14-5-4-10-19(14)2/h4-5,8-11,13H,3,6-7,12H2,1-2H3. The molecule has 2 aromatic rings. The molecule has 0 saturated heterocycles. The lowest BCUT2D eigenvalue weighted by atomic mass is 10.3. The maximum absolute atomic E-state index is 14.1. The fourth-order valence-electron chi connectivity index (χ4n) is 2.64. The maximum atomic E-state index is 14.1. The lowest BCUT2D eigenvalue weighted by Crippen LogP contribution is -2.33. The minimum atomic E-state index is -3.76. The summed E-state index contributed by atoms with van der Waals surface area (Å²) in [4.78, 5) is -0.0374. The Bertz CT molecular complexity index is 828. The van der Waals surface area contributed by atoms with Crippen LogP contribution in [0.2, 0.25) is 0 Å². The first-order valence-corrected chi connectivity index (χ1v) is 9.42. The van der Waals surface area contributed by atoms with Gasteiger partial charge in [0.2, 0.25) is 10.0 Å². The Morgan fingerprint density at radius 3 is 2.62 bits per heavy atom. The molecule has 0 atom stereocenters. The second-order valence-corrected chi connectivity index (χ2v) is 7.81. The number of sulfonamides is 1. The molecule has 0 spiro atoms. The van der Waals surface area contributed by atoms with Gasteiger partial charge in [-0.05, 0) is 50.1 Å². The van der Waals surface area contributed by atoms with Crippen molar-refractivity contribution in [3.05, 3.63) is 48.0 Å². The van der Waals surface area contributed by atoms with Crippen LogP contribution in [0.1, 0.15) is 25.5 Å². The van der Waals surface area contributed by atoms with E-state index < -0.39 is 15.8 Å². The van der Waals surface area contributed by atoms with Gasteiger partial charge in [0, 0.05) is 25.0 Å². The van der Waals surface area contributed by atoms with E-state index in [-0.39, 0.29) is 23.2 Å². The van der Waals surface area contributed by atoms with Crippen molar-refractivity contribution < 1.29 is 17.5 Å². The molecule has 5 nitrogen and oxygen atoms in total. The summed E-state index contributed by atoms with van der Waals surface area (Å²) in [5, 5.41) is 0. The van der Waals surface area contributed by atoms with E-state index in [1.165, 1.54) is 16.4 Å². The number of rotatable bonds is 7. The Hall–Kier alpha value is -1.86. The second-order valence-electron chi connectivity index (χ2n) is 5.92. The quantitative estimate of drug-likeness (QED) is 0.770. The van der Waals surface area contributed by atoms with Crippen LogP contribution in [0.3, 0.4) is 0 Å². The molecule has 1 aliphatic carbocycles. The van der Waals surface area contributed by atoms with Crippen molar-refractivity contribution in [2.75, 3.05) is 6.61 Å². The predicted molar refractivity (Wildman–Crippen MR) is 88.7 cm³/mol. The number of hydrogen-bond donors (Lipinski definition) is 0. The Morgan fingerprint density at radius 1 is 1.33 bits per heavy atom. The molecule has 1 aliphatic rings. The zero-order valence-corrected chi connectivity index (χ0v) is 14.6. The Morgan fingerprint density at radius 2 is 2.08 bits per heavy atom. The van der Waals surface area contributed by atoms with Crippen LogP contribution in [0.5, 0.6) is 5.75 Å². The van der Waals surface area contributed by atoms with Crippen LogP contribution in [0.25, 0.3) is 0 Å². The van der Waals surface area contributed by atoms with Crippen LogP contribution in [-0.4, -0.2) is 29.9 Å². The topological polar surface area (TPSA) is 51.5 Å². The molecule has 0 N–H and O–H groups in total. The van der Waals surface area contributed by atoms with Crippen molar-refractivity contribution >= 4 is 10.0 Å². The number of hydrogen-bond acceptors (Lipinski definition) is 3. The Balaban J connectivity index is 1.92. The smallest absolute Gasteiger partial charge is 0.243 e. The first-order valence-electron chi connectivity index (χ1n) is 7.98. The SMILES string of the molecule is CCOc1ccc(S(=O)(=O)N(Cc2cccn2C)C2CC2)cc1F. The molecule has 24 heavy (non-hydrogen) atoms. The molecule has 3 rings (SSSR count). The van der Waals surface area contributed by atoms with E-state index in [4.69, 9.17) is 4.74 Å². The van der Waals surface area contributed by atoms with E-state index in [0.717, 1.165) is 24.6 Å². The molecular formula is C17H21FN2O3S. The Kier molecular flexibility index (Phi) is 4.64. The predicted octanol–water partition coefficient (Wildman–Crippen LogP) is 2.92. The number of aromatic nitrogens is 1. The highest BCUT2D eigenvalue weighted by molar-refractivity contribution is 7.89. The van der Waals surface area contributed by atoms with E-state index >= 15 is 0 Å². The highest BCUT2D eigenvalue weighted by Crippen LogP contribution is 2.34. The summed E-state index contributed by atoms with van der Waals surface area (Å²) in [7, 11) is -1.88. The summed E-state index contributed by atoms with van der Waals surface area (Å²) in [6, 6.07) is 7.58. The van der Waals surface area contributed by atoms with Gasteiger partial charge in [0.1, 0.15) is 0 Å². The number of ether oxygens (including phenoxy) is 1. The molecule has 0 radical (unpaired) electrons. The van der Waals surface area contributed by atoms with Crippen LogP contribution in [0.4, 0.5) is 4.39 Å². The van der Waals surface area contributed by atoms with Crippen molar-refractivity contribution in [1.82, 2.24) is 8.87 Å². The van der Waals surface area contributed by atoms with Gasteiger partial charge in [-0.3, -0.25) is 0 Å². The lowest BCUT2D eigenvalue weighted by molar-refractivity contribution is 0.321. The highest BCUT2D eigenvalue weighted by atomic mass is 32.2. The third-order valence-electron chi connectivity index (χ3n) is 4.13. The monoisotopic (exact) mass is 352 g/mol. The van der Waals surface area contributed by atoms with E-state index in [0.29, 0.717) is 6.61 Å². The van der Waals surface area contributed by atoms with E-state index in [1.54, 1.807) is 6.92 Å². The molecule has 1 aromatic carbocycles. The van der Waals surface area contributed by atoms with Gasteiger partial charge in [0.05, 0.1) is 18.0 Å². The number of aryl methyl sites for hydroxylation is 1. The first kappa shape index (κ1) is 17.0. The highest BCUT2D eigenvalue weighted by Gasteiger charge is 2.38. The zero-order chi connectivity index (χ0) is 17.3. The summed E-state index contributed by atoms with van der Waals surface area (Å²) < 4.78 is 48.5. The summed E-state index contributed by atoms with van der Waals surface area (Å²) in [6.07, 6.45) is 3.55. The van der Waals surface area contributed by atoms with Crippen LogP contribution in [0.15, 0.2) is 41.4 Å². The minimum Gasteiger partial charge on any atom is -0.491 e. The van der Waals surface area contributed by atoms with E-state index in [9.17, 15) is 12.8 Å². The van der Waals surface area contributed by atoms with Crippen molar-refractivity contribution in [3.8, 4) is 5.75 Å². The van der Waals surface area contributed by atoms with Gasteiger partial charge in [-0.2, -0.15) is 4.31 Å². The van der Waals surface area contributed by atoms with Gasteiger partial charge < -0.3 is 9.30 Å². The average Bonchev–Trinajstić information content (AvgIpc) is 3.29. The number of halogens is 1. The lowest BCUT2D eigenvalue weighted by Gasteiger charge is -2.22. The fraction of sp³-hybridized carbons (Fsp3) is 0.412. The molecule has 7 heteroatoms. The summed E-state index contributed by atoms with van der Waals surface area (Å²) in [5.41, 5.74) is 0.900. The molecule has 1 heterocycles. The molecule has 1 saturated carbocycles. The van der Waals surface area contributed by atoms with Crippen molar-refractivity contribution in [2.45, 2.75) is 37.2 Å². The van der Waals surface area contributed by atoms with Gasteiger partial charge in [0.25, 0.3) is 0 Å². The van der Waals surface area contributed by atoms with Gasteiger partial charge >= 0.3 is 0 Å². The first-order chi connectivity index (χ1) is 11.4. The molecule has 1 aromatic heterocycles. The van der Waals surface area contributed by atoms with Gasteiger partial charge in [-0.15, -0.1) is 0 Å². The average molecular weight is 352 g/mol. The van der Waals surface area contributed by atoms with Crippen LogP contribution in [-0.2, 0) is 23.6 Å². The molecule has 0 aliphatic heterocycles. The summed E-state index contributed by atoms with van der Waals surface area (Å²) >= 11 is 0.